The number of amides is 2. The Labute approximate surface area is 716 Å². The molecular formula is C76H132Cl2N5NaO16S6Si. The molecule has 0 bridgehead atoms. The second kappa shape index (κ2) is 63.1. The van der Waals surface area contributed by atoms with Crippen LogP contribution in [0.2, 0.25) is 19.6 Å². The molecule has 21 nitrogen and oxygen atoms in total. The molecule has 3 aromatic carbocycles. The average Bonchev–Trinajstić information content (AvgIpc) is 1.71. The first-order valence-electron chi connectivity index (χ1n) is 34.9. The van der Waals surface area contributed by atoms with E-state index in [-0.39, 0.29) is 194 Å². The fraction of sp³-hybridized carbons (Fsp3) is 0.632. The van der Waals surface area contributed by atoms with E-state index in [9.17, 15) is 33.6 Å². The van der Waals surface area contributed by atoms with Crippen molar-refractivity contribution in [2.24, 2.45) is 47.3 Å². The van der Waals surface area contributed by atoms with Crippen molar-refractivity contribution < 1.29 is 106 Å². The van der Waals surface area contributed by atoms with Crippen molar-refractivity contribution in [1.29, 1.82) is 0 Å². The fourth-order valence-corrected chi connectivity index (χ4v) is 13.1. The number of Topliss-reactive ketones (excluding diaryl/α,β-unsaturated/α-hetero) is 1. The normalized spacial score (nSPS) is 19.0. The molecule has 0 aromatic heterocycles. The van der Waals surface area contributed by atoms with Crippen molar-refractivity contribution >= 4 is 160 Å². The van der Waals surface area contributed by atoms with Gasteiger partial charge in [0.1, 0.15) is 11.2 Å². The molecule has 0 radical (unpaired) electrons. The first-order valence-corrected chi connectivity index (χ1v) is 39.6. The maximum Gasteiger partial charge on any atom is 1.00 e. The number of esters is 4. The van der Waals surface area contributed by atoms with Crippen molar-refractivity contribution in [1.82, 2.24) is 24.5 Å². The third-order valence-electron chi connectivity index (χ3n) is 15.7. The van der Waals surface area contributed by atoms with Gasteiger partial charge in [0.15, 0.2) is 5.78 Å². The summed E-state index contributed by atoms with van der Waals surface area (Å²) in [5.41, 5.74) is 2.94. The van der Waals surface area contributed by atoms with E-state index in [2.05, 4.69) is 143 Å². The maximum atomic E-state index is 11.9. The summed E-state index contributed by atoms with van der Waals surface area (Å²) in [7, 11) is 0.701. The number of nitrogens with zero attached hydrogens (tertiary/aromatic N) is 5. The number of halogens is 2. The monoisotopic (exact) mass is 1680 g/mol. The van der Waals surface area contributed by atoms with Gasteiger partial charge in [-0.25, -0.2) is 14.4 Å². The second-order valence-corrected chi connectivity index (χ2v) is 34.5. The van der Waals surface area contributed by atoms with Gasteiger partial charge >= 0.3 is 65.6 Å². The van der Waals surface area contributed by atoms with E-state index in [1.807, 2.05) is 81.4 Å². The van der Waals surface area contributed by atoms with Crippen LogP contribution in [0.25, 0.3) is 0 Å². The SMILES string of the molecule is C/C=C/C(=O)OCC.CCOC(=O)C1CN(Cc2ccccc2)CC1C.CCOC(=O)[C@@H]1CN(C(=O)OC(C)(C)C)C[C@H]1C.CCOC(=O)[C@@H]1CN(Cc2ccccc2)C[C@H]1C.COCN(Cc1ccccc1)C[Si](C)(C)C.C[C@@H]1CN(C(=O)OC(C)(C)C)C[C@H]1C(=O)CCl.O=C([O-])CCl.S.S.S.S.S.S.[Na+]. The molecule has 0 saturated carbocycles. The number of carboxylic acid groups (broad SMARTS) is 1. The summed E-state index contributed by atoms with van der Waals surface area (Å²) < 4.78 is 35.7. The molecule has 612 valence electrons. The Morgan fingerprint density at radius 1 is 0.505 bits per heavy atom. The van der Waals surface area contributed by atoms with Crippen molar-refractivity contribution in [3.05, 3.63) is 120 Å². The van der Waals surface area contributed by atoms with Crippen LogP contribution in [-0.2, 0) is 81.6 Å². The van der Waals surface area contributed by atoms with Crippen molar-refractivity contribution in [3.63, 3.8) is 0 Å². The van der Waals surface area contributed by atoms with Crippen molar-refractivity contribution in [3.8, 4) is 0 Å². The van der Waals surface area contributed by atoms with E-state index in [1.54, 1.807) is 43.8 Å². The molecule has 4 heterocycles. The molecule has 4 saturated heterocycles. The van der Waals surface area contributed by atoms with Gasteiger partial charge in [-0.15, -0.1) is 23.2 Å². The van der Waals surface area contributed by atoms with Gasteiger partial charge in [-0.3, -0.25) is 33.9 Å². The van der Waals surface area contributed by atoms with Gasteiger partial charge in [-0.2, -0.15) is 81.0 Å². The first-order chi connectivity index (χ1) is 47.0. The van der Waals surface area contributed by atoms with Gasteiger partial charge in [0, 0.05) is 91.1 Å². The number of hydrogen-bond donors (Lipinski definition) is 0. The summed E-state index contributed by atoms with van der Waals surface area (Å²) in [6.45, 7) is 46.1. The standard InChI is InChI=1S/2C15H21NO2.C13H23NO4.C13H23NOSi.C12H20ClNO3.C6H10O2.C2H3ClO2.Na.6H2S/c2*1-3-18-15(17)14-11-16(9-12(14)2)10-13-7-5-4-6-8-13;1-6-17-11(15)10-8-14(7-9(10)2)12(16)18-13(3,4)5;1-15-11-14(12-16(2,3)4)10-13-8-6-5-7-9-13;1-8-6-14(7-9(8)10(15)5-13)11(16)17-12(2,3)4;1-3-5-6(7)8-4-2;3-1-2(4)5;;;;;;;/h2*4-8,12,14H,3,9-11H2,1-2H3;9-10H,6-8H2,1-5H3;5-9H,10-12H2,1-4H3;8-9H,5-7H2,1-4H3;3,5H,4H2,1-2H3;1H2,(H,4,5);;6*1H2/q;;;;;;;+1;;;;;;/p-1/b;;;;;5-3+;;;;;;;;/t12-,14-;;9-,10-;;8-,9-;;;;;;;;;/m1.1.1........./s1. The second-order valence-electron chi connectivity index (χ2n) is 28.5. The predicted octanol–water partition coefficient (Wildman–Crippen LogP) is 9.74. The Morgan fingerprint density at radius 2 is 0.822 bits per heavy atom. The molecule has 3 aromatic rings. The summed E-state index contributed by atoms with van der Waals surface area (Å²) in [6.07, 6.45) is 3.51. The minimum atomic E-state index is -1.23. The number of allylic oxidation sites excluding steroid dienone is 1. The molecule has 31 heteroatoms. The average molecular weight is 1690 g/mol. The van der Waals surface area contributed by atoms with Crippen LogP contribution >= 0.6 is 104 Å². The van der Waals surface area contributed by atoms with Gasteiger partial charge in [-0.05, 0) is 123 Å². The number of likely N-dealkylation sites (tertiary alicyclic amines) is 4. The summed E-state index contributed by atoms with van der Waals surface area (Å²) >= 11 is 10.2. The largest absolute Gasteiger partial charge is 1.00 e. The number of alkyl halides is 2. The Balaban J connectivity index is -0.000000221. The number of benzene rings is 3. The van der Waals surface area contributed by atoms with Crippen LogP contribution in [0, 0.1) is 47.3 Å². The fourth-order valence-electron chi connectivity index (χ4n) is 11.3. The Hall–Kier alpha value is -3.30. The van der Waals surface area contributed by atoms with Crippen LogP contribution in [0.4, 0.5) is 9.59 Å². The molecule has 4 fully saturated rings. The number of carbonyl (C=O) groups is 8. The third-order valence-corrected chi connectivity index (χ3v) is 17.5. The number of ether oxygens (including phenoxy) is 7. The minimum Gasteiger partial charge on any atom is -0.549 e. The van der Waals surface area contributed by atoms with Gasteiger partial charge in [0.2, 0.25) is 0 Å². The van der Waals surface area contributed by atoms with Crippen LogP contribution in [0.1, 0.15) is 121 Å². The Kier molecular flexibility index (Phi) is 69.0. The zero-order valence-electron chi connectivity index (χ0n) is 67.4. The van der Waals surface area contributed by atoms with E-state index in [1.165, 1.54) is 28.9 Å². The van der Waals surface area contributed by atoms with Gasteiger partial charge < -0.3 is 52.9 Å². The molecule has 4 aliphatic rings. The van der Waals surface area contributed by atoms with Crippen molar-refractivity contribution in [2.45, 2.75) is 154 Å². The van der Waals surface area contributed by atoms with Crippen LogP contribution in [0.5, 0.6) is 0 Å². The van der Waals surface area contributed by atoms with E-state index in [4.69, 9.17) is 49.9 Å². The van der Waals surface area contributed by atoms with Crippen LogP contribution in [0.15, 0.2) is 103 Å². The van der Waals surface area contributed by atoms with E-state index in [0.29, 0.717) is 64.4 Å². The number of rotatable bonds is 21. The number of carbonyl (C=O) groups excluding carboxylic acids is 8. The molecule has 2 unspecified atom stereocenters. The zero-order valence-corrected chi connectivity index (χ0v) is 77.9. The number of methoxy groups -OCH3 is 1. The quantitative estimate of drug-likeness (QED) is 0.0241. The molecule has 107 heavy (non-hydrogen) atoms. The Bertz CT molecular complexity index is 2840. The molecule has 4 aliphatic heterocycles. The summed E-state index contributed by atoms with van der Waals surface area (Å²) in [6, 6.07) is 31.4. The number of hydrogen-bond acceptors (Lipinski definition) is 19. The van der Waals surface area contributed by atoms with Gasteiger partial charge in [-0.1, -0.05) is 144 Å². The third kappa shape index (κ3) is 51.9. The van der Waals surface area contributed by atoms with Gasteiger partial charge in [0.05, 0.1) is 76.7 Å². The van der Waals surface area contributed by atoms with E-state index in [0.717, 1.165) is 52.5 Å². The summed E-state index contributed by atoms with van der Waals surface area (Å²) in [5, 5.41) is 9.12. The Morgan fingerprint density at radius 3 is 1.12 bits per heavy atom. The molecule has 8 atom stereocenters. The minimum absolute atomic E-state index is 0. The molecule has 0 aliphatic carbocycles. The molecule has 0 spiro atoms. The number of carboxylic acids is 1. The molecule has 2 amide bonds. The van der Waals surface area contributed by atoms with E-state index >= 15 is 0 Å². The number of aliphatic carboxylic acids is 1. The topological polar surface area (TPSA) is 240 Å². The van der Waals surface area contributed by atoms with Gasteiger partial charge in [0.25, 0.3) is 0 Å². The molecule has 0 N–H and O–H groups in total. The smallest absolute Gasteiger partial charge is 0.549 e. The summed E-state index contributed by atoms with van der Waals surface area (Å²) in [4.78, 5) is 100. The molecule has 7 rings (SSSR count). The predicted molar refractivity (Wildman–Crippen MR) is 457 cm³/mol. The van der Waals surface area contributed by atoms with Crippen LogP contribution < -0.4 is 34.7 Å². The van der Waals surface area contributed by atoms with Crippen LogP contribution in [0.3, 0.4) is 0 Å². The first kappa shape index (κ1) is 117. The van der Waals surface area contributed by atoms with Crippen LogP contribution in [-0.4, -0.2) is 202 Å². The molecular weight excluding hydrogens is 1550 g/mol. The van der Waals surface area contributed by atoms with E-state index < -0.39 is 31.1 Å². The summed E-state index contributed by atoms with van der Waals surface area (Å²) in [5.74, 6) is -1.51. The number of ketones is 1. The zero-order chi connectivity index (χ0) is 75.8. The maximum absolute atomic E-state index is 11.9. The van der Waals surface area contributed by atoms with Crippen molar-refractivity contribution in [2.75, 3.05) is 111 Å².